The van der Waals surface area contributed by atoms with Gasteiger partial charge in [-0.15, -0.1) is 0 Å². The maximum absolute atomic E-state index is 11.8. The minimum atomic E-state index is -1.35. The van der Waals surface area contributed by atoms with Gasteiger partial charge in [-0.2, -0.15) is 0 Å². The lowest BCUT2D eigenvalue weighted by atomic mass is 10.0. The van der Waals surface area contributed by atoms with Crippen LogP contribution in [0.15, 0.2) is 30.3 Å². The summed E-state index contributed by atoms with van der Waals surface area (Å²) in [6.07, 6.45) is -1.03. The van der Waals surface area contributed by atoms with Gasteiger partial charge in [0.05, 0.1) is 0 Å². The first kappa shape index (κ1) is 15.2. The Morgan fingerprint density at radius 1 is 1.21 bits per heavy atom. The molecule has 0 fully saturated rings. The number of carbonyl (C=O) groups is 2. The van der Waals surface area contributed by atoms with E-state index in [1.807, 2.05) is 13.8 Å². The minimum absolute atomic E-state index is 0.135. The van der Waals surface area contributed by atoms with Crippen LogP contribution in [0.3, 0.4) is 0 Å². The van der Waals surface area contributed by atoms with E-state index in [0.717, 1.165) is 0 Å². The highest BCUT2D eigenvalue weighted by Gasteiger charge is 2.25. The average molecular weight is 265 g/mol. The van der Waals surface area contributed by atoms with E-state index in [4.69, 9.17) is 5.11 Å². The molecular weight excluding hydrogens is 246 g/mol. The molecule has 0 aliphatic heterocycles. The quantitative estimate of drug-likeness (QED) is 0.724. The largest absolute Gasteiger partial charge is 0.480 e. The van der Waals surface area contributed by atoms with Crippen molar-refractivity contribution in [3.05, 3.63) is 35.9 Å². The normalized spacial score (nSPS) is 13.9. The van der Waals surface area contributed by atoms with Crippen LogP contribution in [0.5, 0.6) is 0 Å². The molecule has 3 N–H and O–H groups in total. The van der Waals surface area contributed by atoms with Crippen molar-refractivity contribution in [2.24, 2.45) is 5.92 Å². The van der Waals surface area contributed by atoms with Crippen LogP contribution in [0.1, 0.15) is 31.9 Å². The molecular formula is C14H19NO4. The highest BCUT2D eigenvalue weighted by atomic mass is 16.4. The number of carboxylic acid groups (broad SMARTS) is 1. The third-order valence-corrected chi connectivity index (χ3v) is 2.69. The third kappa shape index (κ3) is 4.71. The number of amides is 1. The topological polar surface area (TPSA) is 86.6 Å². The first-order valence-corrected chi connectivity index (χ1v) is 6.18. The zero-order valence-corrected chi connectivity index (χ0v) is 11.0. The van der Waals surface area contributed by atoms with Gasteiger partial charge in [-0.1, -0.05) is 44.2 Å². The van der Waals surface area contributed by atoms with Gasteiger partial charge in [0.1, 0.15) is 6.04 Å². The van der Waals surface area contributed by atoms with Crippen molar-refractivity contribution < 1.29 is 19.8 Å². The fourth-order valence-corrected chi connectivity index (χ4v) is 1.73. The van der Waals surface area contributed by atoms with E-state index in [1.54, 1.807) is 30.3 Å². The van der Waals surface area contributed by atoms with E-state index in [-0.39, 0.29) is 5.92 Å². The fourth-order valence-electron chi connectivity index (χ4n) is 1.73. The number of rotatable bonds is 6. The van der Waals surface area contributed by atoms with E-state index in [2.05, 4.69) is 5.32 Å². The molecule has 1 amide bonds. The summed E-state index contributed by atoms with van der Waals surface area (Å²) in [5.74, 6) is -1.66. The molecule has 0 saturated carbocycles. The standard InChI is InChI=1S/C14H19NO4/c1-9(2)8-11(14(18)19)15-13(17)12(16)10-6-4-3-5-7-10/h3-7,9,11-12,16H,8H2,1-2H3,(H,15,17)(H,18,19)/t11?,12-/m1/s1. The van der Waals surface area contributed by atoms with Crippen molar-refractivity contribution in [2.75, 3.05) is 0 Å². The second kappa shape index (κ2) is 6.89. The summed E-state index contributed by atoms with van der Waals surface area (Å²) < 4.78 is 0. The molecule has 0 bridgehead atoms. The van der Waals surface area contributed by atoms with Gasteiger partial charge in [-0.25, -0.2) is 4.79 Å². The Morgan fingerprint density at radius 2 is 1.79 bits per heavy atom. The zero-order chi connectivity index (χ0) is 14.4. The number of aliphatic hydroxyl groups excluding tert-OH is 1. The van der Waals surface area contributed by atoms with Crippen LogP contribution in [0, 0.1) is 5.92 Å². The molecule has 0 aromatic heterocycles. The molecule has 19 heavy (non-hydrogen) atoms. The predicted octanol–water partition coefficient (Wildman–Crippen LogP) is 1.34. The van der Waals surface area contributed by atoms with Gasteiger partial charge in [-0.05, 0) is 17.9 Å². The molecule has 1 rings (SSSR count). The molecule has 2 atom stereocenters. The highest BCUT2D eigenvalue weighted by molar-refractivity contribution is 5.86. The van der Waals surface area contributed by atoms with E-state index in [9.17, 15) is 14.7 Å². The lowest BCUT2D eigenvalue weighted by molar-refractivity contribution is -0.144. The molecule has 1 unspecified atom stereocenters. The number of aliphatic hydroxyl groups is 1. The maximum Gasteiger partial charge on any atom is 0.326 e. The molecule has 0 spiro atoms. The molecule has 104 valence electrons. The van der Waals surface area contributed by atoms with Crippen LogP contribution in [-0.4, -0.2) is 28.1 Å². The first-order valence-electron chi connectivity index (χ1n) is 6.18. The molecule has 0 heterocycles. The number of aliphatic carboxylic acids is 1. The zero-order valence-electron chi connectivity index (χ0n) is 11.0. The van der Waals surface area contributed by atoms with E-state index < -0.39 is 24.0 Å². The average Bonchev–Trinajstić information content (AvgIpc) is 2.37. The van der Waals surface area contributed by atoms with Gasteiger partial charge in [-0.3, -0.25) is 4.79 Å². The van der Waals surface area contributed by atoms with Gasteiger partial charge in [0.25, 0.3) is 5.91 Å². The summed E-state index contributed by atoms with van der Waals surface area (Å²) in [6, 6.07) is 7.42. The van der Waals surface area contributed by atoms with Gasteiger partial charge >= 0.3 is 5.97 Å². The van der Waals surface area contributed by atoms with Crippen molar-refractivity contribution >= 4 is 11.9 Å². The number of hydrogen-bond donors (Lipinski definition) is 3. The van der Waals surface area contributed by atoms with E-state index >= 15 is 0 Å². The Labute approximate surface area is 112 Å². The second-order valence-corrected chi connectivity index (χ2v) is 4.84. The Morgan fingerprint density at radius 3 is 2.26 bits per heavy atom. The molecule has 0 aliphatic rings. The van der Waals surface area contributed by atoms with E-state index in [0.29, 0.717) is 12.0 Å². The lowest BCUT2D eigenvalue weighted by Gasteiger charge is -2.18. The summed E-state index contributed by atoms with van der Waals surface area (Å²) in [6.45, 7) is 3.74. The third-order valence-electron chi connectivity index (χ3n) is 2.69. The highest BCUT2D eigenvalue weighted by Crippen LogP contribution is 2.13. The number of carboxylic acids is 1. The van der Waals surface area contributed by atoms with Crippen LogP contribution >= 0.6 is 0 Å². The van der Waals surface area contributed by atoms with Crippen molar-refractivity contribution in [2.45, 2.75) is 32.4 Å². The first-order chi connectivity index (χ1) is 8.91. The van der Waals surface area contributed by atoms with Gasteiger partial charge < -0.3 is 15.5 Å². The Kier molecular flexibility index (Phi) is 5.51. The summed E-state index contributed by atoms with van der Waals surface area (Å²) in [5.41, 5.74) is 0.439. The number of carbonyl (C=O) groups excluding carboxylic acids is 1. The maximum atomic E-state index is 11.8. The molecule has 5 heteroatoms. The van der Waals surface area contributed by atoms with Crippen molar-refractivity contribution in [1.82, 2.24) is 5.32 Å². The molecule has 0 radical (unpaired) electrons. The van der Waals surface area contributed by atoms with Crippen molar-refractivity contribution in [3.8, 4) is 0 Å². The number of hydrogen-bond acceptors (Lipinski definition) is 3. The predicted molar refractivity (Wildman–Crippen MR) is 70.4 cm³/mol. The molecule has 1 aromatic rings. The second-order valence-electron chi connectivity index (χ2n) is 4.84. The SMILES string of the molecule is CC(C)CC(NC(=O)[C@H](O)c1ccccc1)C(=O)O. The van der Waals surface area contributed by atoms with Crippen LogP contribution in [0.25, 0.3) is 0 Å². The van der Waals surface area contributed by atoms with Gasteiger partial charge in [0.15, 0.2) is 6.10 Å². The molecule has 5 nitrogen and oxygen atoms in total. The van der Waals surface area contributed by atoms with Gasteiger partial charge in [0, 0.05) is 0 Å². The van der Waals surface area contributed by atoms with Gasteiger partial charge in [0.2, 0.25) is 0 Å². The van der Waals surface area contributed by atoms with Crippen LogP contribution < -0.4 is 5.32 Å². The fraction of sp³-hybridized carbons (Fsp3) is 0.429. The minimum Gasteiger partial charge on any atom is -0.480 e. The smallest absolute Gasteiger partial charge is 0.326 e. The number of nitrogens with one attached hydrogen (secondary N) is 1. The summed E-state index contributed by atoms with van der Waals surface area (Å²) in [4.78, 5) is 22.8. The van der Waals surface area contributed by atoms with E-state index in [1.165, 1.54) is 0 Å². The molecule has 0 saturated heterocycles. The monoisotopic (exact) mass is 265 g/mol. The Balaban J connectivity index is 2.69. The van der Waals surface area contributed by atoms with Crippen molar-refractivity contribution in [3.63, 3.8) is 0 Å². The van der Waals surface area contributed by atoms with Crippen molar-refractivity contribution in [1.29, 1.82) is 0 Å². The molecule has 1 aromatic carbocycles. The molecule has 0 aliphatic carbocycles. The summed E-state index contributed by atoms with van der Waals surface area (Å²) in [5, 5.41) is 21.2. The number of benzene rings is 1. The summed E-state index contributed by atoms with van der Waals surface area (Å²) in [7, 11) is 0. The van der Waals surface area contributed by atoms with Crippen LogP contribution in [0.2, 0.25) is 0 Å². The van der Waals surface area contributed by atoms with Crippen LogP contribution in [-0.2, 0) is 9.59 Å². The lowest BCUT2D eigenvalue weighted by Crippen LogP contribution is -2.43. The Hall–Kier alpha value is -1.88. The van der Waals surface area contributed by atoms with Crippen LogP contribution in [0.4, 0.5) is 0 Å². The Bertz CT molecular complexity index is 430. The summed E-state index contributed by atoms with van der Waals surface area (Å²) >= 11 is 0.